The first-order chi connectivity index (χ1) is 20.7. The summed E-state index contributed by atoms with van der Waals surface area (Å²) in [5.74, 6) is 0.0809. The van der Waals surface area contributed by atoms with Crippen molar-refractivity contribution < 1.29 is 29.3 Å². The Morgan fingerprint density at radius 2 is 1.65 bits per heavy atom. The van der Waals surface area contributed by atoms with Crippen LogP contribution in [0.4, 0.5) is 10.6 Å². The van der Waals surface area contributed by atoms with Crippen molar-refractivity contribution in [3.8, 4) is 0 Å². The predicted octanol–water partition coefficient (Wildman–Crippen LogP) is -2.69. The predicted molar refractivity (Wildman–Crippen MR) is 144 cm³/mol. The summed E-state index contributed by atoms with van der Waals surface area (Å²) in [4.78, 5) is 62.0. The number of aliphatic hydroxyl groups is 2. The minimum atomic E-state index is -1.24. The number of aryl methyl sites for hydroxylation is 1. The minimum Gasteiger partial charge on any atom is -0.388 e. The third-order valence-electron chi connectivity index (χ3n) is 7.98. The maximum atomic E-state index is 13.1. The number of ether oxygens (including phenoxy) is 2. The molecule has 0 spiro atoms. The summed E-state index contributed by atoms with van der Waals surface area (Å²) in [6.45, 7) is 1.50. The molecule has 19 heteroatoms. The second kappa shape index (κ2) is 10.2. The molecule has 19 nitrogen and oxygen atoms in total. The Morgan fingerprint density at radius 1 is 0.907 bits per heavy atom. The summed E-state index contributed by atoms with van der Waals surface area (Å²) in [6.07, 6.45) is -2.11. The highest BCUT2D eigenvalue weighted by atomic mass is 16.5. The van der Waals surface area contributed by atoms with E-state index in [2.05, 4.69) is 45.9 Å². The molecular weight excluding hydrogens is 568 g/mol. The van der Waals surface area contributed by atoms with E-state index in [1.807, 2.05) is 0 Å². The van der Waals surface area contributed by atoms with E-state index in [-0.39, 0.29) is 36.4 Å². The number of rotatable bonds is 2. The van der Waals surface area contributed by atoms with Crippen LogP contribution in [-0.4, -0.2) is 104 Å². The summed E-state index contributed by atoms with van der Waals surface area (Å²) in [5.41, 5.74) is 6.39. The number of carbonyl (C=O) groups is 2. The lowest BCUT2D eigenvalue weighted by Gasteiger charge is -2.24. The number of fused-ring (bicyclic) bond motifs is 5. The molecule has 8 N–H and O–H groups in total. The smallest absolute Gasteiger partial charge is 0.315 e. The van der Waals surface area contributed by atoms with Crippen molar-refractivity contribution in [2.75, 3.05) is 12.3 Å². The van der Waals surface area contributed by atoms with Gasteiger partial charge in [-0.25, -0.2) is 29.7 Å². The number of nitrogens with zero attached hydrogens (tertiary/aromatic N) is 7. The van der Waals surface area contributed by atoms with E-state index in [0.29, 0.717) is 17.0 Å². The lowest BCUT2D eigenvalue weighted by Crippen LogP contribution is -2.53. The number of nitrogens with one attached hydrogen (secondary N) is 4. The van der Waals surface area contributed by atoms with Crippen molar-refractivity contribution in [2.45, 2.75) is 68.7 Å². The van der Waals surface area contributed by atoms with Gasteiger partial charge in [-0.1, -0.05) is 0 Å². The molecule has 4 aromatic heterocycles. The fourth-order valence-electron chi connectivity index (χ4n) is 5.91. The van der Waals surface area contributed by atoms with E-state index in [4.69, 9.17) is 15.2 Å². The normalized spacial score (nSPS) is 31.5. The molecule has 8 atom stereocenters. The molecule has 43 heavy (non-hydrogen) atoms. The van der Waals surface area contributed by atoms with Gasteiger partial charge in [0.1, 0.15) is 42.0 Å². The van der Waals surface area contributed by atoms with Crippen LogP contribution in [0.15, 0.2) is 23.8 Å². The van der Waals surface area contributed by atoms with Gasteiger partial charge < -0.3 is 46.4 Å². The van der Waals surface area contributed by atoms with Crippen LogP contribution in [-0.2, 0) is 14.3 Å². The molecule has 2 bridgehead atoms. The van der Waals surface area contributed by atoms with E-state index in [0.717, 1.165) is 0 Å². The van der Waals surface area contributed by atoms with Gasteiger partial charge in [-0.2, -0.15) is 0 Å². The molecular formula is C24H28N12O7. The first-order valence-corrected chi connectivity index (χ1v) is 13.6. The zero-order valence-electron chi connectivity index (χ0n) is 22.6. The number of hydrogen-bond acceptors (Lipinski definition) is 13. The van der Waals surface area contributed by atoms with Crippen LogP contribution >= 0.6 is 0 Å². The third-order valence-corrected chi connectivity index (χ3v) is 7.98. The molecule has 3 aliphatic rings. The van der Waals surface area contributed by atoms with Crippen molar-refractivity contribution in [2.24, 2.45) is 0 Å². The number of hydrogen-bond donors (Lipinski definition) is 7. The zero-order valence-corrected chi connectivity index (χ0v) is 22.6. The van der Waals surface area contributed by atoms with E-state index >= 15 is 0 Å². The number of nitrogens with two attached hydrogens (primary N) is 1. The number of anilines is 1. The summed E-state index contributed by atoms with van der Waals surface area (Å²) in [7, 11) is 0. The van der Waals surface area contributed by atoms with Crippen LogP contribution < -0.4 is 27.2 Å². The second-order valence-electron chi connectivity index (χ2n) is 10.7. The van der Waals surface area contributed by atoms with E-state index in [1.165, 1.54) is 28.1 Å². The number of amides is 3. The number of aromatic nitrogens is 8. The van der Waals surface area contributed by atoms with Crippen LogP contribution in [0, 0.1) is 6.92 Å². The SMILES string of the molecule is Cc1nc2c(ncn2[C@@H]2O[C@@H]3CCC(=O)N[C@@H]4C(O)[C@H](n5cnc6c(N)ncnc65)O[C@@H]4CNC(=O)N[C@H]2C3O)c(=O)[nH]1. The largest absolute Gasteiger partial charge is 0.388 e. The van der Waals surface area contributed by atoms with E-state index in [1.54, 1.807) is 6.92 Å². The summed E-state index contributed by atoms with van der Waals surface area (Å²) in [6, 6.07) is -2.56. The van der Waals surface area contributed by atoms with Gasteiger partial charge in [-0.15, -0.1) is 0 Å². The Hall–Kier alpha value is -4.72. The number of urea groups is 1. The topological polar surface area (TPSA) is 262 Å². The molecule has 7 heterocycles. The fraction of sp³-hybridized carbons (Fsp3) is 0.500. The lowest BCUT2D eigenvalue weighted by molar-refractivity contribution is -0.124. The van der Waals surface area contributed by atoms with Crippen LogP contribution in [0.5, 0.6) is 0 Å². The van der Waals surface area contributed by atoms with Gasteiger partial charge in [-0.05, 0) is 13.3 Å². The van der Waals surface area contributed by atoms with Gasteiger partial charge >= 0.3 is 6.03 Å². The number of carbonyl (C=O) groups excluding carboxylic acids is 2. The molecule has 3 aliphatic heterocycles. The minimum absolute atomic E-state index is 0.0668. The highest BCUT2D eigenvalue weighted by Gasteiger charge is 2.49. The van der Waals surface area contributed by atoms with Crippen molar-refractivity contribution >= 4 is 40.1 Å². The van der Waals surface area contributed by atoms with Crippen molar-refractivity contribution in [1.82, 2.24) is 55.0 Å². The van der Waals surface area contributed by atoms with Crippen molar-refractivity contribution in [1.29, 1.82) is 0 Å². The van der Waals surface area contributed by atoms with Gasteiger partial charge in [0.05, 0.1) is 24.8 Å². The maximum absolute atomic E-state index is 13.1. The van der Waals surface area contributed by atoms with Gasteiger partial charge in [0.25, 0.3) is 5.56 Å². The second-order valence-corrected chi connectivity index (χ2v) is 10.7. The quantitative estimate of drug-likeness (QED) is 0.124. The Balaban J connectivity index is 1.16. The number of H-pyrrole nitrogens is 1. The number of imidazole rings is 2. The summed E-state index contributed by atoms with van der Waals surface area (Å²) < 4.78 is 15.2. The monoisotopic (exact) mass is 596 g/mol. The van der Waals surface area contributed by atoms with E-state index in [9.17, 15) is 24.6 Å². The first kappa shape index (κ1) is 27.1. The van der Waals surface area contributed by atoms with Gasteiger partial charge in [0.15, 0.2) is 35.1 Å². The molecule has 3 saturated heterocycles. The molecule has 0 radical (unpaired) electrons. The Morgan fingerprint density at radius 3 is 2.47 bits per heavy atom. The van der Waals surface area contributed by atoms with E-state index < -0.39 is 66.5 Å². The van der Waals surface area contributed by atoms with Gasteiger partial charge in [0, 0.05) is 13.0 Å². The van der Waals surface area contributed by atoms with Crippen LogP contribution in [0.25, 0.3) is 22.3 Å². The average molecular weight is 597 g/mol. The average Bonchev–Trinajstić information content (AvgIpc) is 3.72. The molecule has 0 aromatic carbocycles. The fourth-order valence-corrected chi connectivity index (χ4v) is 5.91. The summed E-state index contributed by atoms with van der Waals surface area (Å²) in [5, 5.41) is 30.6. The summed E-state index contributed by atoms with van der Waals surface area (Å²) >= 11 is 0. The molecule has 3 amide bonds. The van der Waals surface area contributed by atoms with Gasteiger partial charge in [-0.3, -0.25) is 18.7 Å². The highest BCUT2D eigenvalue weighted by molar-refractivity contribution is 5.81. The van der Waals surface area contributed by atoms with Crippen LogP contribution in [0.3, 0.4) is 0 Å². The highest BCUT2D eigenvalue weighted by Crippen LogP contribution is 2.35. The molecule has 0 aliphatic carbocycles. The molecule has 4 aromatic rings. The van der Waals surface area contributed by atoms with Crippen LogP contribution in [0.2, 0.25) is 0 Å². The molecule has 3 fully saturated rings. The number of nitrogen functional groups attached to an aromatic ring is 1. The zero-order chi connectivity index (χ0) is 30.0. The third kappa shape index (κ3) is 4.52. The number of aliphatic hydroxyl groups excluding tert-OH is 2. The Kier molecular flexibility index (Phi) is 6.45. The van der Waals surface area contributed by atoms with Crippen molar-refractivity contribution in [3.63, 3.8) is 0 Å². The number of aromatic amines is 1. The first-order valence-electron chi connectivity index (χ1n) is 13.6. The Labute approximate surface area is 240 Å². The Bertz CT molecular complexity index is 1790. The van der Waals surface area contributed by atoms with Gasteiger partial charge in [0.2, 0.25) is 5.91 Å². The maximum Gasteiger partial charge on any atom is 0.315 e. The molecule has 2 unspecified atom stereocenters. The van der Waals surface area contributed by atoms with Crippen LogP contribution in [0.1, 0.15) is 31.1 Å². The van der Waals surface area contributed by atoms with Crippen molar-refractivity contribution in [3.05, 3.63) is 35.2 Å². The lowest BCUT2D eigenvalue weighted by atomic mass is 10.0. The molecule has 226 valence electrons. The molecule has 7 rings (SSSR count). The standard InChI is InChI=1S/C24H28N12O7/c1-8-31-20-15(21(40)32-8)30-7-36(20)22-13-16(38)9(42-22)2-3-11(37)33-12-10(4-26-24(41)34-13)43-23(17(12)39)35-6-29-14-18(25)27-5-28-19(14)35/h5-7,9-10,12-13,16-17,22-23,38-39H,2-4H2,1H3,(H,33,37)(H2,25,27,28)(H2,26,34,41)(H,31,32,40)/t9-,10-,12+,13+,16?,17?,22-,23-/m1/s1. The molecule has 0 saturated carbocycles.